The summed E-state index contributed by atoms with van der Waals surface area (Å²) in [7, 11) is 3.35. The molecule has 0 saturated heterocycles. The van der Waals surface area contributed by atoms with Crippen LogP contribution >= 0.6 is 0 Å². The van der Waals surface area contributed by atoms with Crippen LogP contribution in [0.3, 0.4) is 0 Å². The van der Waals surface area contributed by atoms with E-state index in [-0.39, 0.29) is 30.5 Å². The Bertz CT molecular complexity index is 1720. The molecule has 0 radical (unpaired) electrons. The number of nitrogens with zero attached hydrogens (tertiary/aromatic N) is 3. The van der Waals surface area contributed by atoms with Crippen molar-refractivity contribution in [1.82, 2.24) is 20.0 Å². The van der Waals surface area contributed by atoms with E-state index < -0.39 is 65.0 Å². The molecule has 1 amide bonds. The van der Waals surface area contributed by atoms with Crippen molar-refractivity contribution in [3.63, 3.8) is 0 Å². The number of aliphatic carboxylic acids is 1. The molecule has 2 atom stereocenters. The molecule has 8 nitrogen and oxygen atoms in total. The van der Waals surface area contributed by atoms with Gasteiger partial charge in [0.15, 0.2) is 0 Å². The van der Waals surface area contributed by atoms with E-state index in [9.17, 15) is 37.1 Å². The van der Waals surface area contributed by atoms with Gasteiger partial charge in [-0.2, -0.15) is 18.3 Å². The summed E-state index contributed by atoms with van der Waals surface area (Å²) in [4.78, 5) is 40.9. The Morgan fingerprint density at radius 2 is 1.69 bits per heavy atom. The maximum absolute atomic E-state index is 15.8. The van der Waals surface area contributed by atoms with E-state index in [1.807, 2.05) is 0 Å². The molecule has 1 aliphatic heterocycles. The van der Waals surface area contributed by atoms with Gasteiger partial charge >= 0.3 is 12.1 Å². The number of alkyl halides is 3. The van der Waals surface area contributed by atoms with Crippen LogP contribution < -0.4 is 10.9 Å². The zero-order valence-electron chi connectivity index (χ0n) is 27.5. The fourth-order valence-corrected chi connectivity index (χ4v) is 6.34. The average Bonchev–Trinajstić information content (AvgIpc) is 2.97. The fraction of sp³-hybridized carbons (Fsp3) is 0.486. The number of halogens is 5. The van der Waals surface area contributed by atoms with Crippen LogP contribution in [0, 0.1) is 25.5 Å². The number of carboxylic acid groups (broad SMARTS) is 1. The number of carbonyl (C=O) groups is 2. The topological polar surface area (TPSA) is 105 Å². The highest BCUT2D eigenvalue weighted by molar-refractivity contribution is 5.82. The third kappa shape index (κ3) is 8.86. The number of rotatable bonds is 6. The summed E-state index contributed by atoms with van der Waals surface area (Å²) in [5.74, 6) is -3.37. The van der Waals surface area contributed by atoms with Crippen LogP contribution in [-0.4, -0.2) is 52.3 Å². The first-order valence-corrected chi connectivity index (χ1v) is 16.0. The van der Waals surface area contributed by atoms with Crippen molar-refractivity contribution in [1.29, 1.82) is 0 Å². The standard InChI is InChI=1S/C35H41F5N4O4/c1-20-15-24(36)16-22-10-8-6-5-7-9-11-29(44-30(45)18-26(35(38,39)40)27(42-44)12-13-43(3)4)34(48)41-28(19-31(46)47)25-17-23(32(20)22)14-21(2)33(25)37/h14-18,28-29H,5-13,19H2,1-4H3,(H,41,48)(H,46,47)/t28-,29-/m0/s1. The number of aryl methyl sites for hydroxylation is 3. The maximum atomic E-state index is 15.8. The second kappa shape index (κ2) is 15.4. The van der Waals surface area contributed by atoms with Gasteiger partial charge in [0.1, 0.15) is 17.7 Å². The Kier molecular flexibility index (Phi) is 11.8. The van der Waals surface area contributed by atoms with E-state index in [0.29, 0.717) is 48.4 Å². The summed E-state index contributed by atoms with van der Waals surface area (Å²) in [6.45, 7) is 3.43. The number of amides is 1. The Hall–Kier alpha value is -4.13. The van der Waals surface area contributed by atoms with Gasteiger partial charge in [-0.1, -0.05) is 25.7 Å². The smallest absolute Gasteiger partial charge is 0.418 e. The van der Waals surface area contributed by atoms with E-state index in [1.165, 1.54) is 25.1 Å². The molecule has 1 aromatic heterocycles. The highest BCUT2D eigenvalue weighted by Gasteiger charge is 2.37. The van der Waals surface area contributed by atoms with Crippen molar-refractivity contribution < 1.29 is 36.6 Å². The lowest BCUT2D eigenvalue weighted by molar-refractivity contribution is -0.139. The lowest BCUT2D eigenvalue weighted by Crippen LogP contribution is -2.41. The van der Waals surface area contributed by atoms with Crippen LogP contribution in [0.5, 0.6) is 0 Å². The zero-order valence-corrected chi connectivity index (χ0v) is 27.5. The number of hydrogen-bond donors (Lipinski definition) is 2. The molecule has 1 aliphatic rings. The first-order valence-electron chi connectivity index (χ1n) is 16.0. The Balaban J connectivity index is 1.87. The van der Waals surface area contributed by atoms with Crippen molar-refractivity contribution in [3.8, 4) is 11.1 Å². The van der Waals surface area contributed by atoms with Crippen LogP contribution in [0.15, 0.2) is 35.1 Å². The molecule has 260 valence electrons. The Morgan fingerprint density at radius 1 is 1.00 bits per heavy atom. The van der Waals surface area contributed by atoms with Crippen LogP contribution in [0.2, 0.25) is 0 Å². The van der Waals surface area contributed by atoms with Crippen LogP contribution in [0.25, 0.3) is 11.1 Å². The minimum absolute atomic E-state index is 0.0196. The van der Waals surface area contributed by atoms with Gasteiger partial charge in [-0.05, 0) is 99.3 Å². The second-order valence-corrected chi connectivity index (χ2v) is 12.8. The SMILES string of the molecule is Cc1cc2cc(c1F)[C@H](CC(=O)O)NC(=O)[C@@H](n1nc(CCN(C)C)c(C(F)(F)F)cc1=O)CCCCCCCc1cc(F)cc(C)c1-2. The number of aromatic nitrogens is 2. The van der Waals surface area contributed by atoms with E-state index >= 15 is 4.39 Å². The molecule has 0 fully saturated rings. The Labute approximate surface area is 276 Å². The third-order valence-corrected chi connectivity index (χ3v) is 8.68. The number of benzene rings is 2. The molecular weight excluding hydrogens is 635 g/mol. The number of fused-ring (bicyclic) bond motifs is 4. The normalized spacial score (nSPS) is 18.0. The number of carboxylic acids is 1. The summed E-state index contributed by atoms with van der Waals surface area (Å²) in [5.41, 5.74) is -0.124. The van der Waals surface area contributed by atoms with Gasteiger partial charge in [0.05, 0.1) is 23.7 Å². The molecule has 2 aromatic carbocycles. The third-order valence-electron chi connectivity index (χ3n) is 8.68. The summed E-state index contributed by atoms with van der Waals surface area (Å²) in [6.07, 6.45) is -1.93. The molecule has 2 N–H and O–H groups in total. The highest BCUT2D eigenvalue weighted by atomic mass is 19.4. The molecule has 0 unspecified atom stereocenters. The minimum Gasteiger partial charge on any atom is -0.481 e. The molecule has 4 rings (SSSR count). The summed E-state index contributed by atoms with van der Waals surface area (Å²) < 4.78 is 72.9. The molecule has 2 heterocycles. The molecule has 0 spiro atoms. The number of carbonyl (C=O) groups excluding carboxylic acids is 1. The lowest BCUT2D eigenvalue weighted by atomic mass is 9.88. The van der Waals surface area contributed by atoms with Crippen molar-refractivity contribution in [2.45, 2.75) is 89.9 Å². The van der Waals surface area contributed by atoms with Gasteiger partial charge in [0.25, 0.3) is 5.56 Å². The predicted molar refractivity (Wildman–Crippen MR) is 171 cm³/mol. The molecule has 0 aliphatic carbocycles. The van der Waals surface area contributed by atoms with Crippen LogP contribution in [0.4, 0.5) is 22.0 Å². The summed E-state index contributed by atoms with van der Waals surface area (Å²) in [6, 6.07) is 3.50. The fourth-order valence-electron chi connectivity index (χ4n) is 6.34. The van der Waals surface area contributed by atoms with Crippen molar-refractivity contribution >= 4 is 11.9 Å². The van der Waals surface area contributed by atoms with Gasteiger partial charge in [-0.15, -0.1) is 0 Å². The number of hydrogen-bond acceptors (Lipinski definition) is 5. The van der Waals surface area contributed by atoms with Gasteiger partial charge in [0, 0.05) is 24.6 Å². The molecule has 3 aromatic rings. The number of nitrogens with one attached hydrogen (secondary N) is 1. The molecule has 13 heteroatoms. The molecule has 2 bridgehead atoms. The average molecular weight is 677 g/mol. The van der Waals surface area contributed by atoms with Gasteiger partial charge in [0.2, 0.25) is 5.91 Å². The first kappa shape index (κ1) is 36.7. The second-order valence-electron chi connectivity index (χ2n) is 12.8. The predicted octanol–water partition coefficient (Wildman–Crippen LogP) is 6.70. The van der Waals surface area contributed by atoms with Crippen molar-refractivity contribution in [2.75, 3.05) is 20.6 Å². The summed E-state index contributed by atoms with van der Waals surface area (Å²) >= 11 is 0. The molecule has 48 heavy (non-hydrogen) atoms. The lowest BCUT2D eigenvalue weighted by Gasteiger charge is -2.26. The van der Waals surface area contributed by atoms with E-state index in [2.05, 4.69) is 10.4 Å². The largest absolute Gasteiger partial charge is 0.481 e. The van der Waals surface area contributed by atoms with Gasteiger partial charge in [-0.3, -0.25) is 14.4 Å². The Morgan fingerprint density at radius 3 is 2.35 bits per heavy atom. The van der Waals surface area contributed by atoms with Crippen molar-refractivity contribution in [2.24, 2.45) is 0 Å². The zero-order chi connectivity index (χ0) is 35.3. The van der Waals surface area contributed by atoms with Crippen LogP contribution in [-0.2, 0) is 28.6 Å². The van der Waals surface area contributed by atoms with Crippen molar-refractivity contribution in [3.05, 3.63) is 85.8 Å². The quantitative estimate of drug-likeness (QED) is 0.282. The highest BCUT2D eigenvalue weighted by Crippen LogP contribution is 2.36. The van der Waals surface area contributed by atoms with E-state index in [4.69, 9.17) is 0 Å². The minimum atomic E-state index is -4.86. The monoisotopic (exact) mass is 676 g/mol. The van der Waals surface area contributed by atoms with E-state index in [1.54, 1.807) is 32.0 Å². The van der Waals surface area contributed by atoms with Gasteiger partial charge in [-0.25, -0.2) is 13.5 Å². The first-order chi connectivity index (χ1) is 22.6. The van der Waals surface area contributed by atoms with E-state index in [0.717, 1.165) is 23.1 Å². The summed E-state index contributed by atoms with van der Waals surface area (Å²) in [5, 5.41) is 16.5. The van der Waals surface area contributed by atoms with Crippen LogP contribution in [0.1, 0.15) is 90.5 Å². The van der Waals surface area contributed by atoms with Gasteiger partial charge < -0.3 is 15.3 Å². The number of likely N-dealkylation sites (N-methyl/N-ethyl adjacent to an activating group) is 1. The molecule has 0 saturated carbocycles. The molecular formula is C35H41F5N4O4. The maximum Gasteiger partial charge on any atom is 0.418 e.